The molecule has 0 amide bonds. The van der Waals surface area contributed by atoms with E-state index >= 15 is 0 Å². The van der Waals surface area contributed by atoms with E-state index in [9.17, 15) is 5.11 Å². The number of likely N-dealkylation sites (tertiary alicyclic amines) is 1. The van der Waals surface area contributed by atoms with Gasteiger partial charge in [-0.1, -0.05) is 24.3 Å². The van der Waals surface area contributed by atoms with E-state index in [-0.39, 0.29) is 6.10 Å². The van der Waals surface area contributed by atoms with Crippen LogP contribution in [0, 0.1) is 6.92 Å². The second kappa shape index (κ2) is 7.21. The average molecular weight is 276 g/mol. The molecule has 1 fully saturated rings. The molecule has 0 radical (unpaired) electrons. The summed E-state index contributed by atoms with van der Waals surface area (Å²) >= 11 is 0. The first kappa shape index (κ1) is 15.5. The van der Waals surface area contributed by atoms with E-state index < -0.39 is 0 Å². The summed E-state index contributed by atoms with van der Waals surface area (Å²) in [6, 6.07) is 8.87. The zero-order valence-electron chi connectivity index (χ0n) is 13.0. The Kier molecular flexibility index (Phi) is 5.58. The highest BCUT2D eigenvalue weighted by Gasteiger charge is 2.21. The van der Waals surface area contributed by atoms with Crippen LogP contribution in [0.4, 0.5) is 0 Å². The van der Waals surface area contributed by atoms with Crippen LogP contribution < -0.4 is 0 Å². The summed E-state index contributed by atoms with van der Waals surface area (Å²) in [5.41, 5.74) is 2.27. The number of rotatable bonds is 5. The fourth-order valence-corrected chi connectivity index (χ4v) is 3.08. The lowest BCUT2D eigenvalue weighted by Crippen LogP contribution is -2.42. The standard InChI is InChI=1S/C17H28N2O/c1-14-6-4-5-7-16(14)17(20)10-13-19-11-8-15(9-12-19)18(2)3/h4-7,15,17,20H,8-13H2,1-3H3. The quantitative estimate of drug-likeness (QED) is 0.895. The second-order valence-electron chi connectivity index (χ2n) is 6.20. The molecule has 3 nitrogen and oxygen atoms in total. The maximum Gasteiger partial charge on any atom is 0.0804 e. The lowest BCUT2D eigenvalue weighted by atomic mass is 10.00. The van der Waals surface area contributed by atoms with Gasteiger partial charge >= 0.3 is 0 Å². The third-order valence-electron chi connectivity index (χ3n) is 4.55. The van der Waals surface area contributed by atoms with Gasteiger partial charge in [-0.25, -0.2) is 0 Å². The van der Waals surface area contributed by atoms with Crippen molar-refractivity contribution in [2.24, 2.45) is 0 Å². The topological polar surface area (TPSA) is 26.7 Å². The van der Waals surface area contributed by atoms with Crippen molar-refractivity contribution in [3.63, 3.8) is 0 Å². The lowest BCUT2D eigenvalue weighted by Gasteiger charge is -2.35. The number of hydrogen-bond acceptors (Lipinski definition) is 3. The molecule has 1 saturated heterocycles. The highest BCUT2D eigenvalue weighted by molar-refractivity contribution is 5.27. The summed E-state index contributed by atoms with van der Waals surface area (Å²) in [4.78, 5) is 4.82. The lowest BCUT2D eigenvalue weighted by molar-refractivity contribution is 0.110. The van der Waals surface area contributed by atoms with Crippen LogP contribution in [0.15, 0.2) is 24.3 Å². The molecule has 1 atom stereocenters. The first-order chi connectivity index (χ1) is 9.58. The van der Waals surface area contributed by atoms with Gasteiger partial charge in [0.1, 0.15) is 0 Å². The molecule has 1 aliphatic rings. The molecule has 1 unspecified atom stereocenters. The molecule has 1 N–H and O–H groups in total. The molecule has 2 rings (SSSR count). The Morgan fingerprint density at radius 3 is 2.50 bits per heavy atom. The SMILES string of the molecule is Cc1ccccc1C(O)CCN1CCC(N(C)C)CC1. The zero-order valence-corrected chi connectivity index (χ0v) is 13.0. The summed E-state index contributed by atoms with van der Waals surface area (Å²) in [6.07, 6.45) is 2.99. The van der Waals surface area contributed by atoms with Crippen molar-refractivity contribution in [1.29, 1.82) is 0 Å². The van der Waals surface area contributed by atoms with E-state index in [1.54, 1.807) is 0 Å². The zero-order chi connectivity index (χ0) is 14.5. The number of aliphatic hydroxyl groups is 1. The van der Waals surface area contributed by atoms with Crippen LogP contribution in [0.3, 0.4) is 0 Å². The van der Waals surface area contributed by atoms with E-state index in [0.29, 0.717) is 0 Å². The van der Waals surface area contributed by atoms with Crippen molar-refractivity contribution in [3.8, 4) is 0 Å². The molecule has 0 aliphatic carbocycles. The third-order valence-corrected chi connectivity index (χ3v) is 4.55. The van der Waals surface area contributed by atoms with Crippen molar-refractivity contribution in [3.05, 3.63) is 35.4 Å². The molecule has 0 aromatic heterocycles. The van der Waals surface area contributed by atoms with Gasteiger partial charge in [-0.2, -0.15) is 0 Å². The summed E-state index contributed by atoms with van der Waals surface area (Å²) in [5, 5.41) is 10.3. The van der Waals surface area contributed by atoms with E-state index in [4.69, 9.17) is 0 Å². The summed E-state index contributed by atoms with van der Waals surface area (Å²) < 4.78 is 0. The minimum Gasteiger partial charge on any atom is -0.388 e. The molecule has 1 aromatic rings. The number of aryl methyl sites for hydroxylation is 1. The van der Waals surface area contributed by atoms with Crippen molar-refractivity contribution in [2.45, 2.75) is 38.3 Å². The fourth-order valence-electron chi connectivity index (χ4n) is 3.08. The molecule has 20 heavy (non-hydrogen) atoms. The third kappa shape index (κ3) is 4.05. The predicted molar refractivity (Wildman–Crippen MR) is 83.9 cm³/mol. The molecular weight excluding hydrogens is 248 g/mol. The predicted octanol–water partition coefficient (Wildman–Crippen LogP) is 2.44. The largest absolute Gasteiger partial charge is 0.388 e. The molecule has 0 bridgehead atoms. The first-order valence-electron chi connectivity index (χ1n) is 7.70. The Morgan fingerprint density at radius 1 is 1.25 bits per heavy atom. The van der Waals surface area contributed by atoms with E-state index in [0.717, 1.165) is 37.7 Å². The van der Waals surface area contributed by atoms with Gasteiger partial charge in [-0.05, 0) is 64.5 Å². The second-order valence-corrected chi connectivity index (χ2v) is 6.20. The fraction of sp³-hybridized carbons (Fsp3) is 0.647. The highest BCUT2D eigenvalue weighted by Crippen LogP contribution is 2.22. The van der Waals surface area contributed by atoms with Crippen molar-refractivity contribution < 1.29 is 5.11 Å². The van der Waals surface area contributed by atoms with Crippen LogP contribution in [0.25, 0.3) is 0 Å². The molecule has 1 heterocycles. The van der Waals surface area contributed by atoms with Crippen LogP contribution in [0.1, 0.15) is 36.5 Å². The molecule has 0 spiro atoms. The van der Waals surface area contributed by atoms with Gasteiger partial charge < -0.3 is 14.9 Å². The van der Waals surface area contributed by atoms with Gasteiger partial charge in [0.25, 0.3) is 0 Å². The molecule has 3 heteroatoms. The number of piperidine rings is 1. The average Bonchev–Trinajstić information content (AvgIpc) is 2.45. The van der Waals surface area contributed by atoms with Crippen molar-refractivity contribution >= 4 is 0 Å². The van der Waals surface area contributed by atoms with E-state index in [1.807, 2.05) is 18.2 Å². The number of aliphatic hydroxyl groups excluding tert-OH is 1. The number of nitrogens with zero attached hydrogens (tertiary/aromatic N) is 2. The van der Waals surface area contributed by atoms with Gasteiger partial charge in [0.2, 0.25) is 0 Å². The maximum atomic E-state index is 10.3. The normalized spacial score (nSPS) is 19.4. The highest BCUT2D eigenvalue weighted by atomic mass is 16.3. The molecule has 112 valence electrons. The first-order valence-corrected chi connectivity index (χ1v) is 7.70. The Hall–Kier alpha value is -0.900. The molecule has 0 saturated carbocycles. The van der Waals surface area contributed by atoms with Crippen LogP contribution in [0.2, 0.25) is 0 Å². The molecule has 1 aromatic carbocycles. The smallest absolute Gasteiger partial charge is 0.0804 e. The summed E-state index contributed by atoms with van der Waals surface area (Å²) in [6.45, 7) is 5.38. The Labute approximate surface area is 123 Å². The van der Waals surface area contributed by atoms with Gasteiger partial charge in [-0.15, -0.1) is 0 Å². The number of hydrogen-bond donors (Lipinski definition) is 1. The van der Waals surface area contributed by atoms with Crippen LogP contribution >= 0.6 is 0 Å². The molecule has 1 aliphatic heterocycles. The Bertz CT molecular complexity index is 411. The van der Waals surface area contributed by atoms with Gasteiger partial charge in [0.05, 0.1) is 6.10 Å². The Morgan fingerprint density at radius 2 is 1.90 bits per heavy atom. The van der Waals surface area contributed by atoms with Gasteiger partial charge in [0.15, 0.2) is 0 Å². The van der Waals surface area contributed by atoms with E-state index in [2.05, 4.69) is 36.9 Å². The summed E-state index contributed by atoms with van der Waals surface area (Å²) in [7, 11) is 4.34. The molecular formula is C17H28N2O. The van der Waals surface area contributed by atoms with E-state index in [1.165, 1.54) is 18.4 Å². The van der Waals surface area contributed by atoms with Crippen molar-refractivity contribution in [2.75, 3.05) is 33.7 Å². The monoisotopic (exact) mass is 276 g/mol. The maximum absolute atomic E-state index is 10.3. The van der Waals surface area contributed by atoms with Crippen LogP contribution in [-0.4, -0.2) is 54.7 Å². The minimum absolute atomic E-state index is 0.331. The van der Waals surface area contributed by atoms with Gasteiger partial charge in [-0.3, -0.25) is 0 Å². The Balaban J connectivity index is 1.78. The number of benzene rings is 1. The summed E-state index contributed by atoms with van der Waals surface area (Å²) in [5.74, 6) is 0. The minimum atomic E-state index is -0.331. The van der Waals surface area contributed by atoms with Crippen LogP contribution in [-0.2, 0) is 0 Å². The van der Waals surface area contributed by atoms with Gasteiger partial charge in [0, 0.05) is 12.6 Å². The van der Waals surface area contributed by atoms with Crippen LogP contribution in [0.5, 0.6) is 0 Å². The van der Waals surface area contributed by atoms with Crippen molar-refractivity contribution in [1.82, 2.24) is 9.80 Å².